The van der Waals surface area contributed by atoms with E-state index in [-0.39, 0.29) is 0 Å². The van der Waals surface area contributed by atoms with Crippen molar-refractivity contribution in [3.63, 3.8) is 0 Å². The lowest BCUT2D eigenvalue weighted by molar-refractivity contribution is 1.07. The molecule has 0 bridgehead atoms. The van der Waals surface area contributed by atoms with Crippen LogP contribution in [0.1, 0.15) is 11.1 Å². The second kappa shape index (κ2) is 8.66. The summed E-state index contributed by atoms with van der Waals surface area (Å²) in [5.41, 5.74) is 7.02. The molecule has 0 aliphatic carbocycles. The maximum atomic E-state index is 8.46. The molecule has 2 aromatic carbocycles. The first-order chi connectivity index (χ1) is 9.44. The normalized spacial score (nSPS) is 9.40. The van der Waals surface area contributed by atoms with Crippen LogP contribution in [-0.2, 0) is 6.54 Å². The molecule has 104 valence electrons. The van der Waals surface area contributed by atoms with Gasteiger partial charge in [0, 0.05) is 25.5 Å². The lowest BCUT2D eigenvalue weighted by atomic mass is 10.2. The molecule has 0 fully saturated rings. The van der Waals surface area contributed by atoms with Gasteiger partial charge in [-0.05, 0) is 42.0 Å². The molecule has 0 atom stereocenters. The van der Waals surface area contributed by atoms with Crippen LogP contribution in [0, 0.1) is 11.3 Å². The lowest BCUT2D eigenvalue weighted by Crippen LogP contribution is -1.95. The Morgan fingerprint density at radius 1 is 0.950 bits per heavy atom. The van der Waals surface area contributed by atoms with Crippen molar-refractivity contribution in [1.29, 1.82) is 5.26 Å². The number of halogens is 4. The molecule has 0 unspecified atom stereocenters. The average molecular weight is 437 g/mol. The maximum absolute atomic E-state index is 8.46. The molecule has 2 N–H and O–H groups in total. The van der Waals surface area contributed by atoms with Gasteiger partial charge >= 0.3 is 0 Å². The van der Waals surface area contributed by atoms with Crippen LogP contribution in [0.25, 0.3) is 0 Å². The molecule has 0 radical (unpaired) electrons. The highest BCUT2D eigenvalue weighted by Gasteiger charge is 1.95. The van der Waals surface area contributed by atoms with E-state index in [1.165, 1.54) is 0 Å². The van der Waals surface area contributed by atoms with Gasteiger partial charge in [-0.15, -0.1) is 0 Å². The third kappa shape index (κ3) is 6.25. The first kappa shape index (κ1) is 17.5. The van der Waals surface area contributed by atoms with E-state index >= 15 is 0 Å². The highest BCUT2D eigenvalue weighted by Crippen LogP contribution is 2.19. The smallest absolute Gasteiger partial charge is 0.0992 e. The number of hydrogen-bond acceptors (Lipinski definition) is 2. The third-order valence-corrected chi connectivity index (χ3v) is 3.50. The summed E-state index contributed by atoms with van der Waals surface area (Å²) in [6.45, 7) is 0.527. The van der Waals surface area contributed by atoms with Gasteiger partial charge in [0.15, 0.2) is 0 Å². The zero-order chi connectivity index (χ0) is 15.1. The Morgan fingerprint density at radius 2 is 1.50 bits per heavy atom. The van der Waals surface area contributed by atoms with Crippen LogP contribution in [0.5, 0.6) is 0 Å². The van der Waals surface area contributed by atoms with E-state index in [1.54, 1.807) is 18.2 Å². The molecule has 0 aromatic heterocycles. The fourth-order valence-corrected chi connectivity index (χ4v) is 3.14. The first-order valence-electron chi connectivity index (χ1n) is 5.46. The third-order valence-electron chi connectivity index (χ3n) is 2.15. The van der Waals surface area contributed by atoms with Crippen LogP contribution in [0.3, 0.4) is 0 Å². The zero-order valence-electron chi connectivity index (χ0n) is 10.2. The SMILES string of the molecule is N#Cc1cc(Cl)cc(Br)c1.NCc1cc(Cl)cc(Br)c1. The maximum Gasteiger partial charge on any atom is 0.0992 e. The van der Waals surface area contributed by atoms with E-state index in [0.717, 1.165) is 19.5 Å². The van der Waals surface area contributed by atoms with Gasteiger partial charge < -0.3 is 5.73 Å². The second-order valence-electron chi connectivity index (χ2n) is 3.75. The van der Waals surface area contributed by atoms with Crippen molar-refractivity contribution >= 4 is 55.1 Å². The summed E-state index contributed by atoms with van der Waals surface area (Å²) in [7, 11) is 0. The Balaban J connectivity index is 0.000000200. The van der Waals surface area contributed by atoms with E-state index in [1.807, 2.05) is 24.3 Å². The quantitative estimate of drug-likeness (QED) is 0.638. The summed E-state index contributed by atoms with van der Waals surface area (Å²) >= 11 is 17.9. The summed E-state index contributed by atoms with van der Waals surface area (Å²) in [5.74, 6) is 0. The Bertz CT molecular complexity index is 599. The van der Waals surface area contributed by atoms with Crippen molar-refractivity contribution < 1.29 is 0 Å². The number of benzene rings is 2. The lowest BCUT2D eigenvalue weighted by Gasteiger charge is -1.97. The van der Waals surface area contributed by atoms with Gasteiger partial charge in [-0.2, -0.15) is 5.26 Å². The molecule has 0 heterocycles. The van der Waals surface area contributed by atoms with Crippen molar-refractivity contribution in [2.24, 2.45) is 5.73 Å². The highest BCUT2D eigenvalue weighted by atomic mass is 79.9. The number of nitrogens with two attached hydrogens (primary N) is 1. The van der Waals surface area contributed by atoms with Crippen LogP contribution in [0.2, 0.25) is 10.0 Å². The van der Waals surface area contributed by atoms with Crippen LogP contribution < -0.4 is 5.73 Å². The summed E-state index contributed by atoms with van der Waals surface area (Å²) in [6, 6.07) is 12.7. The minimum Gasteiger partial charge on any atom is -0.326 e. The molecule has 0 saturated heterocycles. The van der Waals surface area contributed by atoms with Gasteiger partial charge in [0.25, 0.3) is 0 Å². The molecule has 20 heavy (non-hydrogen) atoms. The van der Waals surface area contributed by atoms with Gasteiger partial charge in [-0.1, -0.05) is 55.1 Å². The standard InChI is InChI=1S/C7H7BrClN.C7H3BrClN/c2*8-6-1-5(4-10)2-7(9)3-6/h1-3H,4,10H2;1-3H. The molecular formula is C14H10Br2Cl2N2. The van der Waals surface area contributed by atoms with Gasteiger partial charge in [0.1, 0.15) is 0 Å². The molecule has 6 heteroatoms. The van der Waals surface area contributed by atoms with Gasteiger partial charge in [-0.3, -0.25) is 0 Å². The van der Waals surface area contributed by atoms with Crippen molar-refractivity contribution in [3.05, 3.63) is 66.5 Å². The molecule has 0 saturated carbocycles. The Hall–Kier alpha value is -0.570. The summed E-state index contributed by atoms with van der Waals surface area (Å²) in [6.07, 6.45) is 0. The van der Waals surface area contributed by atoms with Gasteiger partial charge in [0.2, 0.25) is 0 Å². The van der Waals surface area contributed by atoms with Crippen molar-refractivity contribution in [2.45, 2.75) is 6.54 Å². The Morgan fingerprint density at radius 3 is 1.95 bits per heavy atom. The van der Waals surface area contributed by atoms with Crippen molar-refractivity contribution in [2.75, 3.05) is 0 Å². The van der Waals surface area contributed by atoms with E-state index in [9.17, 15) is 0 Å². The Kier molecular flexibility index (Phi) is 7.57. The first-order valence-corrected chi connectivity index (χ1v) is 7.80. The van der Waals surface area contributed by atoms with Gasteiger partial charge in [0.05, 0.1) is 11.6 Å². The molecule has 2 aromatic rings. The van der Waals surface area contributed by atoms with Crippen LogP contribution in [-0.4, -0.2) is 0 Å². The molecule has 0 amide bonds. The fourth-order valence-electron chi connectivity index (χ4n) is 1.35. The number of nitriles is 1. The molecule has 2 rings (SSSR count). The van der Waals surface area contributed by atoms with Crippen LogP contribution in [0.4, 0.5) is 0 Å². The number of hydrogen-bond donors (Lipinski definition) is 1. The van der Waals surface area contributed by atoms with E-state index in [0.29, 0.717) is 17.1 Å². The van der Waals surface area contributed by atoms with E-state index < -0.39 is 0 Å². The molecule has 0 aliphatic rings. The minimum absolute atomic E-state index is 0.527. The largest absolute Gasteiger partial charge is 0.326 e. The minimum atomic E-state index is 0.527. The Labute approximate surface area is 144 Å². The van der Waals surface area contributed by atoms with Crippen molar-refractivity contribution in [1.82, 2.24) is 0 Å². The summed E-state index contributed by atoms with van der Waals surface area (Å²) in [4.78, 5) is 0. The average Bonchev–Trinajstić information content (AvgIpc) is 2.37. The zero-order valence-corrected chi connectivity index (χ0v) is 14.9. The summed E-state index contributed by atoms with van der Waals surface area (Å²) in [5, 5.41) is 9.75. The second-order valence-corrected chi connectivity index (χ2v) is 6.46. The van der Waals surface area contributed by atoms with Crippen LogP contribution in [0.15, 0.2) is 45.3 Å². The predicted molar refractivity (Wildman–Crippen MR) is 90.9 cm³/mol. The topological polar surface area (TPSA) is 49.8 Å². The van der Waals surface area contributed by atoms with E-state index in [4.69, 9.17) is 34.2 Å². The fraction of sp³-hybridized carbons (Fsp3) is 0.0714. The summed E-state index contributed by atoms with van der Waals surface area (Å²) < 4.78 is 1.80. The number of nitrogens with zero attached hydrogens (tertiary/aromatic N) is 1. The monoisotopic (exact) mass is 434 g/mol. The predicted octanol–water partition coefficient (Wildman–Crippen LogP) is 5.54. The van der Waals surface area contributed by atoms with E-state index in [2.05, 4.69) is 31.9 Å². The van der Waals surface area contributed by atoms with Crippen LogP contribution >= 0.6 is 55.1 Å². The molecule has 0 spiro atoms. The highest BCUT2D eigenvalue weighted by molar-refractivity contribution is 9.10. The van der Waals surface area contributed by atoms with Crippen molar-refractivity contribution in [3.8, 4) is 6.07 Å². The molecule has 2 nitrogen and oxygen atoms in total. The molecular weight excluding hydrogens is 427 g/mol. The van der Waals surface area contributed by atoms with Gasteiger partial charge in [-0.25, -0.2) is 0 Å². The number of rotatable bonds is 1. The molecule has 0 aliphatic heterocycles.